The van der Waals surface area contributed by atoms with Gasteiger partial charge in [-0.3, -0.25) is 0 Å². The molecule has 10 heteroatoms. The minimum absolute atomic E-state index is 0.104. The van der Waals surface area contributed by atoms with Crippen LogP contribution in [0.1, 0.15) is 106 Å². The van der Waals surface area contributed by atoms with Gasteiger partial charge >= 0.3 is 0 Å². The minimum atomic E-state index is -1.55. The summed E-state index contributed by atoms with van der Waals surface area (Å²) in [6.45, 7) is 14.0. The molecule has 0 bridgehead atoms. The standard InChI is InChI=1S/C36H60O10/c1-8-34(32-20(3)14-27(42-32)30-19(2)13-22(5)36(41,18-38)45-30)10-9-28(43-34)33(7)11-12-35(46-33)16-26(40)24-15-25(39)29(21(4)17-37)23(6)31(24)44-35/h17,19-32,38-41H,8-16,18H2,1-7H3/t19?,20-,21?,22+,23-,24+,25-,26-,27+,28+,29?,30-,31+,32+,33-,34-,35+,36?/m0/s1. The molecular formula is C36H60O10. The summed E-state index contributed by atoms with van der Waals surface area (Å²) in [6.07, 6.45) is 4.66. The van der Waals surface area contributed by atoms with Crippen LogP contribution >= 0.6 is 0 Å². The first-order valence-electron chi connectivity index (χ1n) is 18.2. The zero-order valence-corrected chi connectivity index (χ0v) is 29.0. The molecule has 5 saturated heterocycles. The van der Waals surface area contributed by atoms with Crippen LogP contribution in [0.15, 0.2) is 0 Å². The molecule has 5 heterocycles. The number of aliphatic hydroxyl groups excluding tert-OH is 3. The van der Waals surface area contributed by atoms with Gasteiger partial charge in [-0.2, -0.15) is 0 Å². The van der Waals surface area contributed by atoms with Crippen molar-refractivity contribution in [2.75, 3.05) is 6.61 Å². The number of hydrogen-bond acceptors (Lipinski definition) is 10. The van der Waals surface area contributed by atoms with Crippen molar-refractivity contribution in [3.8, 4) is 0 Å². The van der Waals surface area contributed by atoms with E-state index in [0.29, 0.717) is 19.3 Å². The number of aliphatic hydroxyl groups is 4. The predicted octanol–water partition coefficient (Wildman–Crippen LogP) is 3.73. The van der Waals surface area contributed by atoms with Crippen LogP contribution in [-0.4, -0.2) is 98.8 Å². The molecule has 46 heavy (non-hydrogen) atoms. The van der Waals surface area contributed by atoms with Crippen LogP contribution in [0.2, 0.25) is 0 Å². The topological polar surface area (TPSA) is 144 Å². The summed E-state index contributed by atoms with van der Waals surface area (Å²) in [5, 5.41) is 43.1. The van der Waals surface area contributed by atoms with E-state index in [1.807, 2.05) is 20.8 Å². The van der Waals surface area contributed by atoms with E-state index < -0.39 is 41.6 Å². The average Bonchev–Trinajstić information content (AvgIpc) is 3.72. The molecule has 10 nitrogen and oxygen atoms in total. The van der Waals surface area contributed by atoms with E-state index >= 15 is 0 Å². The molecule has 4 unspecified atom stereocenters. The first-order chi connectivity index (χ1) is 21.6. The van der Waals surface area contributed by atoms with E-state index in [2.05, 4.69) is 27.7 Å². The summed E-state index contributed by atoms with van der Waals surface area (Å²) in [6, 6.07) is 0. The lowest BCUT2D eigenvalue weighted by Crippen LogP contribution is -2.60. The summed E-state index contributed by atoms with van der Waals surface area (Å²) in [7, 11) is 0. The Balaban J connectivity index is 1.15. The van der Waals surface area contributed by atoms with Gasteiger partial charge in [0.2, 0.25) is 0 Å². The van der Waals surface area contributed by atoms with Crippen LogP contribution in [0.5, 0.6) is 0 Å². The Morgan fingerprint density at radius 3 is 2.35 bits per heavy atom. The second kappa shape index (κ2) is 12.6. The number of carbonyl (C=O) groups excluding carboxylic acids is 1. The lowest BCUT2D eigenvalue weighted by atomic mass is 9.64. The van der Waals surface area contributed by atoms with Crippen molar-refractivity contribution in [2.24, 2.45) is 41.4 Å². The maximum absolute atomic E-state index is 11.7. The van der Waals surface area contributed by atoms with Crippen LogP contribution in [0, 0.1) is 41.4 Å². The zero-order chi connectivity index (χ0) is 33.4. The first kappa shape index (κ1) is 35.1. The third-order valence-electron chi connectivity index (χ3n) is 13.6. The third-order valence-corrected chi connectivity index (χ3v) is 13.6. The fraction of sp³-hybridized carbons (Fsp3) is 0.972. The Labute approximate surface area is 274 Å². The highest BCUT2D eigenvalue weighted by Gasteiger charge is 2.63. The number of aldehydes is 1. The van der Waals surface area contributed by atoms with Gasteiger partial charge in [-0.15, -0.1) is 0 Å². The van der Waals surface area contributed by atoms with Gasteiger partial charge in [0.25, 0.3) is 0 Å². The highest BCUT2D eigenvalue weighted by atomic mass is 16.7. The highest BCUT2D eigenvalue weighted by Crippen LogP contribution is 2.56. The lowest BCUT2D eigenvalue weighted by Gasteiger charge is -2.54. The monoisotopic (exact) mass is 652 g/mol. The van der Waals surface area contributed by atoms with Crippen LogP contribution < -0.4 is 0 Å². The van der Waals surface area contributed by atoms with Gasteiger partial charge in [0.15, 0.2) is 11.6 Å². The van der Waals surface area contributed by atoms with Crippen molar-refractivity contribution in [1.29, 1.82) is 0 Å². The van der Waals surface area contributed by atoms with Crippen molar-refractivity contribution in [3.63, 3.8) is 0 Å². The van der Waals surface area contributed by atoms with Crippen molar-refractivity contribution in [3.05, 3.63) is 0 Å². The SMILES string of the molecule is CC[C@@]1([C@@H]2O[C@@H]([C@H]3OC(O)(CO)[C@H](C)CC3C)C[C@@H]2C)CC[C@H]([C@]2(C)CC[C@]3(C[C@H](O)[C@H]4C[C@H](O)C(C(C)C=O)[C@H](C)[C@H]4O3)O2)O1. The Kier molecular flexibility index (Phi) is 9.61. The second-order valence-electron chi connectivity index (χ2n) is 16.6. The van der Waals surface area contributed by atoms with E-state index in [4.69, 9.17) is 23.7 Å². The van der Waals surface area contributed by atoms with Crippen LogP contribution in [0.3, 0.4) is 0 Å². The van der Waals surface area contributed by atoms with Gasteiger partial charge in [-0.05, 0) is 75.5 Å². The molecule has 264 valence electrons. The van der Waals surface area contributed by atoms with Crippen LogP contribution in [0.25, 0.3) is 0 Å². The van der Waals surface area contributed by atoms with Gasteiger partial charge in [0.05, 0.1) is 60.5 Å². The average molecular weight is 653 g/mol. The van der Waals surface area contributed by atoms with Crippen LogP contribution in [0.4, 0.5) is 0 Å². The van der Waals surface area contributed by atoms with Crippen molar-refractivity contribution in [1.82, 2.24) is 0 Å². The van der Waals surface area contributed by atoms with Gasteiger partial charge < -0.3 is 48.9 Å². The molecule has 0 aromatic rings. The van der Waals surface area contributed by atoms with Gasteiger partial charge in [0.1, 0.15) is 6.29 Å². The quantitative estimate of drug-likeness (QED) is 0.301. The number of ether oxygens (including phenoxy) is 5. The Hall–Kier alpha value is -0.690. The molecule has 6 fully saturated rings. The zero-order valence-electron chi connectivity index (χ0n) is 29.0. The Bertz CT molecular complexity index is 1110. The van der Waals surface area contributed by atoms with Gasteiger partial charge in [-0.1, -0.05) is 41.5 Å². The molecule has 0 aromatic heterocycles. The summed E-state index contributed by atoms with van der Waals surface area (Å²) in [4.78, 5) is 11.7. The van der Waals surface area contributed by atoms with E-state index in [-0.39, 0.29) is 71.9 Å². The predicted molar refractivity (Wildman–Crippen MR) is 168 cm³/mol. The smallest absolute Gasteiger partial charge is 0.192 e. The fourth-order valence-electron chi connectivity index (χ4n) is 10.8. The Morgan fingerprint density at radius 2 is 1.67 bits per heavy atom. The molecule has 0 aromatic carbocycles. The molecule has 5 aliphatic heterocycles. The molecule has 4 N–H and O–H groups in total. The number of hydrogen-bond donors (Lipinski definition) is 4. The Morgan fingerprint density at radius 1 is 0.935 bits per heavy atom. The molecule has 18 atom stereocenters. The molecule has 0 amide bonds. The normalized spacial score (nSPS) is 56.6. The van der Waals surface area contributed by atoms with E-state index in [0.717, 1.165) is 44.8 Å². The second-order valence-corrected chi connectivity index (χ2v) is 16.6. The number of fused-ring (bicyclic) bond motifs is 1. The molecule has 6 aliphatic rings. The van der Waals surface area contributed by atoms with E-state index in [9.17, 15) is 25.2 Å². The van der Waals surface area contributed by atoms with E-state index in [1.54, 1.807) is 0 Å². The maximum Gasteiger partial charge on any atom is 0.192 e. The first-order valence-corrected chi connectivity index (χ1v) is 18.2. The van der Waals surface area contributed by atoms with E-state index in [1.165, 1.54) is 0 Å². The van der Waals surface area contributed by atoms with Gasteiger partial charge in [0, 0.05) is 30.6 Å². The third kappa shape index (κ3) is 5.73. The highest BCUT2D eigenvalue weighted by molar-refractivity contribution is 5.53. The number of rotatable bonds is 7. The van der Waals surface area contributed by atoms with Crippen LogP contribution in [-0.2, 0) is 28.5 Å². The molecule has 1 spiro atoms. The molecule has 1 saturated carbocycles. The maximum atomic E-state index is 11.7. The lowest BCUT2D eigenvalue weighted by molar-refractivity contribution is -0.344. The fourth-order valence-corrected chi connectivity index (χ4v) is 10.8. The summed E-state index contributed by atoms with van der Waals surface area (Å²) in [5.41, 5.74) is -1.09. The molecule has 0 radical (unpaired) electrons. The molecule has 6 rings (SSSR count). The minimum Gasteiger partial charge on any atom is -0.393 e. The van der Waals surface area contributed by atoms with Crippen molar-refractivity contribution >= 4 is 6.29 Å². The molecular weight excluding hydrogens is 592 g/mol. The van der Waals surface area contributed by atoms with Gasteiger partial charge in [-0.25, -0.2) is 0 Å². The summed E-state index contributed by atoms with van der Waals surface area (Å²) >= 11 is 0. The van der Waals surface area contributed by atoms with Crippen molar-refractivity contribution in [2.45, 2.75) is 172 Å². The van der Waals surface area contributed by atoms with Crippen molar-refractivity contribution < 1.29 is 48.9 Å². The summed E-state index contributed by atoms with van der Waals surface area (Å²) < 4.78 is 33.8. The molecule has 1 aliphatic carbocycles. The summed E-state index contributed by atoms with van der Waals surface area (Å²) in [5.74, 6) is -3.06. The largest absolute Gasteiger partial charge is 0.393 e. The number of carbonyl (C=O) groups is 1.